The van der Waals surface area contributed by atoms with Gasteiger partial charge in [-0.3, -0.25) is 9.78 Å². The second kappa shape index (κ2) is 10.7. The highest BCUT2D eigenvalue weighted by atomic mass is 35.5. The lowest BCUT2D eigenvalue weighted by molar-refractivity contribution is -0.121. The quantitative estimate of drug-likeness (QED) is 0.461. The predicted molar refractivity (Wildman–Crippen MR) is 115 cm³/mol. The van der Waals surface area contributed by atoms with Crippen molar-refractivity contribution in [1.29, 1.82) is 0 Å². The molecule has 0 bridgehead atoms. The summed E-state index contributed by atoms with van der Waals surface area (Å²) < 4.78 is 38.0. The van der Waals surface area contributed by atoms with Gasteiger partial charge >= 0.3 is 0 Å². The summed E-state index contributed by atoms with van der Waals surface area (Å²) in [4.78, 5) is 14.3. The number of nitrogens with one attached hydrogen (secondary N) is 2. The topological polar surface area (TPSA) is 108 Å². The Morgan fingerprint density at radius 3 is 2.37 bits per heavy atom. The highest BCUT2D eigenvalue weighted by Crippen LogP contribution is 2.26. The number of hydrogen-bond donors (Lipinski definition) is 3. The van der Waals surface area contributed by atoms with Crippen molar-refractivity contribution in [2.75, 3.05) is 12.9 Å². The van der Waals surface area contributed by atoms with Gasteiger partial charge in [-0.25, -0.2) is 17.5 Å². The molecule has 0 aliphatic carbocycles. The minimum atomic E-state index is -3.38. The standard InChI is InChI=1S/C18H19Cl3FN3O4S/c1-30(28,29)24-9-15-13(19)6-12(8-23-15)10-2-4-11(5-3-10)16(26)14(7-22)25-18(27)17(20)21/h2-6,8,14,16-17,24,26H,7,9H2,1H3,(H,25,27). The molecule has 164 valence electrons. The van der Waals surface area contributed by atoms with E-state index in [-0.39, 0.29) is 11.6 Å². The van der Waals surface area contributed by atoms with Gasteiger partial charge in [0.15, 0.2) is 4.84 Å². The lowest BCUT2D eigenvalue weighted by Gasteiger charge is -2.22. The fourth-order valence-electron chi connectivity index (χ4n) is 2.51. The van der Waals surface area contributed by atoms with Gasteiger partial charge in [0.1, 0.15) is 12.8 Å². The molecule has 0 saturated heterocycles. The van der Waals surface area contributed by atoms with E-state index in [9.17, 15) is 22.7 Å². The molecule has 0 fully saturated rings. The summed E-state index contributed by atoms with van der Waals surface area (Å²) in [6.45, 7) is -1.05. The molecule has 0 spiro atoms. The average molecular weight is 499 g/mol. The molecule has 2 rings (SSSR count). The van der Waals surface area contributed by atoms with Crippen LogP contribution in [0.2, 0.25) is 5.02 Å². The number of amides is 1. The molecule has 1 aromatic heterocycles. The minimum Gasteiger partial charge on any atom is -0.386 e. The summed E-state index contributed by atoms with van der Waals surface area (Å²) in [5, 5.41) is 12.9. The van der Waals surface area contributed by atoms with Crippen LogP contribution < -0.4 is 10.0 Å². The minimum absolute atomic E-state index is 0.0368. The first-order valence-corrected chi connectivity index (χ1v) is 11.7. The van der Waals surface area contributed by atoms with Gasteiger partial charge in [0, 0.05) is 11.8 Å². The van der Waals surface area contributed by atoms with E-state index in [1.165, 1.54) is 6.20 Å². The van der Waals surface area contributed by atoms with Crippen LogP contribution in [0.15, 0.2) is 36.5 Å². The summed E-state index contributed by atoms with van der Waals surface area (Å²) in [5.41, 5.74) is 2.11. The maximum absolute atomic E-state index is 13.3. The first-order chi connectivity index (χ1) is 14.0. The van der Waals surface area contributed by atoms with Gasteiger partial charge in [-0.15, -0.1) is 0 Å². The number of benzene rings is 1. The van der Waals surface area contributed by atoms with Crippen molar-refractivity contribution in [3.8, 4) is 11.1 Å². The molecule has 0 radical (unpaired) electrons. The molecular weight excluding hydrogens is 480 g/mol. The number of carbonyl (C=O) groups is 1. The highest BCUT2D eigenvalue weighted by Gasteiger charge is 2.25. The summed E-state index contributed by atoms with van der Waals surface area (Å²) in [5.74, 6) is -0.803. The van der Waals surface area contributed by atoms with E-state index in [0.29, 0.717) is 22.4 Å². The van der Waals surface area contributed by atoms with E-state index in [1.807, 2.05) is 0 Å². The van der Waals surface area contributed by atoms with Crippen LogP contribution in [0.5, 0.6) is 0 Å². The number of hydrogen-bond acceptors (Lipinski definition) is 5. The van der Waals surface area contributed by atoms with Crippen LogP contribution in [-0.4, -0.2) is 48.2 Å². The van der Waals surface area contributed by atoms with Crippen molar-refractivity contribution >= 4 is 50.7 Å². The molecule has 1 amide bonds. The van der Waals surface area contributed by atoms with Crippen molar-refractivity contribution in [1.82, 2.24) is 15.0 Å². The summed E-state index contributed by atoms with van der Waals surface area (Å²) in [6.07, 6.45) is 1.25. The number of pyridine rings is 1. The zero-order valence-electron chi connectivity index (χ0n) is 15.6. The fourth-order valence-corrected chi connectivity index (χ4v) is 3.26. The molecule has 0 saturated carbocycles. The molecule has 2 unspecified atom stereocenters. The number of aliphatic hydroxyl groups is 1. The van der Waals surface area contributed by atoms with Gasteiger partial charge in [0.25, 0.3) is 5.91 Å². The molecule has 0 aliphatic rings. The first-order valence-electron chi connectivity index (χ1n) is 8.53. The van der Waals surface area contributed by atoms with Gasteiger partial charge in [-0.1, -0.05) is 59.1 Å². The zero-order valence-corrected chi connectivity index (χ0v) is 18.7. The number of alkyl halides is 3. The lowest BCUT2D eigenvalue weighted by atomic mass is 9.99. The molecule has 30 heavy (non-hydrogen) atoms. The number of rotatable bonds is 9. The number of halogens is 4. The summed E-state index contributed by atoms with van der Waals surface area (Å²) in [7, 11) is -3.38. The van der Waals surface area contributed by atoms with E-state index in [1.54, 1.807) is 30.3 Å². The van der Waals surface area contributed by atoms with Gasteiger partial charge < -0.3 is 10.4 Å². The Morgan fingerprint density at radius 2 is 1.87 bits per heavy atom. The summed E-state index contributed by atoms with van der Waals surface area (Å²) in [6, 6.07) is 6.90. The van der Waals surface area contributed by atoms with Crippen LogP contribution in [0, 0.1) is 0 Å². The first kappa shape index (κ1) is 24.8. The molecule has 2 atom stereocenters. The normalized spacial score (nSPS) is 13.8. The largest absolute Gasteiger partial charge is 0.386 e. The van der Waals surface area contributed by atoms with Crippen LogP contribution in [0.3, 0.4) is 0 Å². The molecular formula is C18H19Cl3FN3O4S. The Balaban J connectivity index is 2.14. The van der Waals surface area contributed by atoms with Crippen LogP contribution in [0.4, 0.5) is 4.39 Å². The SMILES string of the molecule is CS(=O)(=O)NCc1ncc(-c2ccc(C(O)C(CF)NC(=O)C(Cl)Cl)cc2)cc1Cl. The van der Waals surface area contributed by atoms with Crippen molar-refractivity contribution in [3.63, 3.8) is 0 Å². The Labute approximate surface area is 188 Å². The molecule has 12 heteroatoms. The number of nitrogens with zero attached hydrogens (tertiary/aromatic N) is 1. The van der Waals surface area contributed by atoms with Gasteiger partial charge in [0.05, 0.1) is 29.6 Å². The Bertz CT molecular complexity index is 991. The third-order valence-corrected chi connectivity index (χ3v) is 5.47. The molecule has 7 nitrogen and oxygen atoms in total. The molecule has 0 aliphatic heterocycles. The van der Waals surface area contributed by atoms with E-state index < -0.39 is 39.6 Å². The zero-order chi connectivity index (χ0) is 22.5. The Morgan fingerprint density at radius 1 is 1.23 bits per heavy atom. The predicted octanol–water partition coefficient (Wildman–Crippen LogP) is 2.74. The van der Waals surface area contributed by atoms with E-state index >= 15 is 0 Å². The molecule has 2 aromatic rings. The van der Waals surface area contributed by atoms with E-state index in [2.05, 4.69) is 15.0 Å². The van der Waals surface area contributed by atoms with Crippen LogP contribution in [-0.2, 0) is 21.4 Å². The average Bonchev–Trinajstić information content (AvgIpc) is 2.69. The van der Waals surface area contributed by atoms with Crippen LogP contribution in [0.1, 0.15) is 17.4 Å². The number of aliphatic hydroxyl groups excluding tert-OH is 1. The fraction of sp³-hybridized carbons (Fsp3) is 0.333. The Kier molecular flexibility index (Phi) is 8.84. The smallest absolute Gasteiger partial charge is 0.253 e. The van der Waals surface area contributed by atoms with E-state index in [0.717, 1.165) is 6.26 Å². The van der Waals surface area contributed by atoms with Gasteiger partial charge in [-0.2, -0.15) is 0 Å². The van der Waals surface area contributed by atoms with Gasteiger partial charge in [-0.05, 0) is 17.2 Å². The monoisotopic (exact) mass is 497 g/mol. The molecule has 3 N–H and O–H groups in total. The second-order valence-corrected chi connectivity index (χ2v) is 9.72. The van der Waals surface area contributed by atoms with Crippen molar-refractivity contribution < 1.29 is 22.7 Å². The molecule has 1 aromatic carbocycles. The maximum atomic E-state index is 13.3. The number of sulfonamides is 1. The van der Waals surface area contributed by atoms with Crippen LogP contribution >= 0.6 is 34.8 Å². The van der Waals surface area contributed by atoms with Crippen LogP contribution in [0.25, 0.3) is 11.1 Å². The number of aromatic nitrogens is 1. The second-order valence-electron chi connectivity index (χ2n) is 6.38. The highest BCUT2D eigenvalue weighted by molar-refractivity contribution is 7.88. The third kappa shape index (κ3) is 7.04. The van der Waals surface area contributed by atoms with E-state index in [4.69, 9.17) is 34.8 Å². The summed E-state index contributed by atoms with van der Waals surface area (Å²) >= 11 is 17.0. The Hall–Kier alpha value is -1.49. The molecule has 1 heterocycles. The maximum Gasteiger partial charge on any atom is 0.253 e. The van der Waals surface area contributed by atoms with Crippen molar-refractivity contribution in [3.05, 3.63) is 52.8 Å². The number of carbonyl (C=O) groups excluding carboxylic acids is 1. The van der Waals surface area contributed by atoms with Crippen molar-refractivity contribution in [2.24, 2.45) is 0 Å². The van der Waals surface area contributed by atoms with Crippen molar-refractivity contribution in [2.45, 2.75) is 23.5 Å². The lowest BCUT2D eigenvalue weighted by Crippen LogP contribution is -2.43. The third-order valence-electron chi connectivity index (χ3n) is 4.08. The van der Waals surface area contributed by atoms with Gasteiger partial charge in [0.2, 0.25) is 10.0 Å².